The van der Waals surface area contributed by atoms with E-state index in [1.807, 2.05) is 0 Å². The fourth-order valence-electron chi connectivity index (χ4n) is 3.18. The van der Waals surface area contributed by atoms with Gasteiger partial charge in [0.25, 0.3) is 0 Å². The summed E-state index contributed by atoms with van der Waals surface area (Å²) in [5.41, 5.74) is 1.46. The van der Waals surface area contributed by atoms with Crippen LogP contribution in [0.3, 0.4) is 0 Å². The third-order valence-corrected chi connectivity index (χ3v) is 4.56. The number of hydrogen-bond acceptors (Lipinski definition) is 3. The van der Waals surface area contributed by atoms with E-state index in [-0.39, 0.29) is 0 Å². The molecule has 3 heteroatoms. The zero-order valence-electron chi connectivity index (χ0n) is 13.2. The Morgan fingerprint density at radius 1 is 1.20 bits per heavy atom. The maximum Gasteiger partial charge on any atom is 0.0373 e. The van der Waals surface area contributed by atoms with Crippen molar-refractivity contribution >= 4 is 0 Å². The van der Waals surface area contributed by atoms with E-state index in [0.717, 1.165) is 0 Å². The van der Waals surface area contributed by atoms with E-state index in [1.165, 1.54) is 44.5 Å². The summed E-state index contributed by atoms with van der Waals surface area (Å²) in [5, 5.41) is 3.54. The molecule has 1 heterocycles. The average Bonchev–Trinajstić information content (AvgIpc) is 2.48. The van der Waals surface area contributed by atoms with Gasteiger partial charge >= 0.3 is 0 Å². The topological polar surface area (TPSA) is 18.5 Å². The van der Waals surface area contributed by atoms with Gasteiger partial charge < -0.3 is 10.2 Å². The van der Waals surface area contributed by atoms with Crippen molar-refractivity contribution in [3.05, 3.63) is 35.9 Å². The predicted molar refractivity (Wildman–Crippen MR) is 86.1 cm³/mol. The first-order valence-electron chi connectivity index (χ1n) is 7.80. The molecule has 3 nitrogen and oxygen atoms in total. The van der Waals surface area contributed by atoms with Crippen molar-refractivity contribution in [1.82, 2.24) is 15.1 Å². The molecule has 1 aliphatic heterocycles. The molecule has 2 rings (SSSR count). The molecule has 2 unspecified atom stereocenters. The highest BCUT2D eigenvalue weighted by Gasteiger charge is 2.28. The molecule has 1 N–H and O–H groups in total. The first-order chi connectivity index (χ1) is 9.70. The van der Waals surface area contributed by atoms with Crippen molar-refractivity contribution in [1.29, 1.82) is 0 Å². The maximum absolute atomic E-state index is 3.54. The van der Waals surface area contributed by atoms with E-state index in [4.69, 9.17) is 0 Å². The lowest BCUT2D eigenvalue weighted by Crippen LogP contribution is -2.58. The van der Waals surface area contributed by atoms with Crippen LogP contribution in [-0.2, 0) is 6.42 Å². The van der Waals surface area contributed by atoms with Crippen LogP contribution in [0.15, 0.2) is 30.3 Å². The number of nitrogens with one attached hydrogen (secondary N) is 1. The quantitative estimate of drug-likeness (QED) is 0.855. The smallest absolute Gasteiger partial charge is 0.0373 e. The Balaban J connectivity index is 1.82. The van der Waals surface area contributed by atoms with E-state index in [2.05, 4.69) is 66.6 Å². The van der Waals surface area contributed by atoms with Crippen LogP contribution >= 0.6 is 0 Å². The summed E-state index contributed by atoms with van der Waals surface area (Å²) in [5.74, 6) is 0. The van der Waals surface area contributed by atoms with Gasteiger partial charge in [0, 0.05) is 31.7 Å². The highest BCUT2D eigenvalue weighted by atomic mass is 15.3. The molecular formula is C17H29N3. The summed E-state index contributed by atoms with van der Waals surface area (Å²) in [6, 6.07) is 12.0. The van der Waals surface area contributed by atoms with Crippen molar-refractivity contribution < 1.29 is 0 Å². The van der Waals surface area contributed by atoms with Gasteiger partial charge in [-0.25, -0.2) is 0 Å². The lowest BCUT2D eigenvalue weighted by molar-refractivity contribution is 0.0868. The van der Waals surface area contributed by atoms with Crippen molar-refractivity contribution in [2.24, 2.45) is 0 Å². The van der Waals surface area contributed by atoms with Crippen LogP contribution in [0.4, 0.5) is 0 Å². The fraction of sp³-hybridized carbons (Fsp3) is 0.647. The van der Waals surface area contributed by atoms with Gasteiger partial charge in [-0.1, -0.05) is 30.3 Å². The molecule has 0 aliphatic carbocycles. The van der Waals surface area contributed by atoms with Gasteiger partial charge in [0.2, 0.25) is 0 Å². The lowest BCUT2D eigenvalue weighted by atomic mass is 9.97. The molecule has 112 valence electrons. The molecule has 0 aromatic heterocycles. The third-order valence-electron chi connectivity index (χ3n) is 4.56. The Kier molecular flexibility index (Phi) is 6.02. The van der Waals surface area contributed by atoms with Gasteiger partial charge in [-0.2, -0.15) is 0 Å². The summed E-state index contributed by atoms with van der Waals surface area (Å²) in [4.78, 5) is 4.97. The molecule has 0 spiro atoms. The number of likely N-dealkylation sites (N-methyl/N-ethyl adjacent to an activating group) is 3. The minimum absolute atomic E-state index is 0.589. The summed E-state index contributed by atoms with van der Waals surface area (Å²) in [7, 11) is 6.60. The minimum atomic E-state index is 0.589. The SMILES string of the molecule is CNC(CCCc1ccccc1)C1CN(C)CCN1C. The van der Waals surface area contributed by atoms with Crippen LogP contribution < -0.4 is 5.32 Å². The Morgan fingerprint density at radius 2 is 1.95 bits per heavy atom. The largest absolute Gasteiger partial charge is 0.315 e. The molecule has 2 atom stereocenters. The third kappa shape index (κ3) is 4.30. The molecule has 0 radical (unpaired) electrons. The van der Waals surface area contributed by atoms with Crippen molar-refractivity contribution in [2.75, 3.05) is 40.8 Å². The molecule has 1 fully saturated rings. The molecule has 1 aromatic carbocycles. The van der Waals surface area contributed by atoms with E-state index >= 15 is 0 Å². The maximum atomic E-state index is 3.54. The zero-order chi connectivity index (χ0) is 14.4. The molecule has 1 saturated heterocycles. The number of aryl methyl sites for hydroxylation is 1. The number of nitrogens with zero attached hydrogens (tertiary/aromatic N) is 2. The number of rotatable bonds is 6. The number of piperazine rings is 1. The Labute approximate surface area is 124 Å². The van der Waals surface area contributed by atoms with E-state index in [1.54, 1.807) is 0 Å². The second-order valence-electron chi connectivity index (χ2n) is 6.08. The van der Waals surface area contributed by atoms with Crippen molar-refractivity contribution in [3.63, 3.8) is 0 Å². The van der Waals surface area contributed by atoms with Crippen LogP contribution in [0.25, 0.3) is 0 Å². The first kappa shape index (κ1) is 15.5. The summed E-state index contributed by atoms with van der Waals surface area (Å²) >= 11 is 0. The second-order valence-corrected chi connectivity index (χ2v) is 6.08. The molecule has 0 amide bonds. The van der Waals surface area contributed by atoms with Crippen LogP contribution in [0.5, 0.6) is 0 Å². The van der Waals surface area contributed by atoms with Gasteiger partial charge in [0.1, 0.15) is 0 Å². The number of hydrogen-bond donors (Lipinski definition) is 1. The monoisotopic (exact) mass is 275 g/mol. The highest BCUT2D eigenvalue weighted by molar-refractivity contribution is 5.14. The Morgan fingerprint density at radius 3 is 2.65 bits per heavy atom. The highest BCUT2D eigenvalue weighted by Crippen LogP contribution is 2.15. The average molecular weight is 275 g/mol. The van der Waals surface area contributed by atoms with E-state index in [0.29, 0.717) is 12.1 Å². The van der Waals surface area contributed by atoms with Crippen LogP contribution in [-0.4, -0.2) is 62.7 Å². The molecule has 20 heavy (non-hydrogen) atoms. The molecule has 0 bridgehead atoms. The summed E-state index contributed by atoms with van der Waals surface area (Å²) < 4.78 is 0. The van der Waals surface area contributed by atoms with Crippen molar-refractivity contribution in [2.45, 2.75) is 31.3 Å². The van der Waals surface area contributed by atoms with Gasteiger partial charge in [0.05, 0.1) is 0 Å². The molecule has 0 saturated carbocycles. The van der Waals surface area contributed by atoms with Crippen LogP contribution in [0, 0.1) is 0 Å². The van der Waals surface area contributed by atoms with Gasteiger partial charge in [-0.15, -0.1) is 0 Å². The lowest BCUT2D eigenvalue weighted by Gasteiger charge is -2.42. The second kappa shape index (κ2) is 7.77. The fourth-order valence-corrected chi connectivity index (χ4v) is 3.18. The van der Waals surface area contributed by atoms with Crippen LogP contribution in [0.2, 0.25) is 0 Å². The standard InChI is InChI=1S/C17H29N3/c1-18-16(17-14-19(2)12-13-20(17)3)11-7-10-15-8-5-4-6-9-15/h4-6,8-9,16-18H,7,10-14H2,1-3H3. The van der Waals surface area contributed by atoms with Gasteiger partial charge in [-0.05, 0) is 46.0 Å². The summed E-state index contributed by atoms with van der Waals surface area (Å²) in [6.45, 7) is 3.54. The molecule has 1 aromatic rings. The first-order valence-corrected chi connectivity index (χ1v) is 7.80. The van der Waals surface area contributed by atoms with Crippen LogP contribution in [0.1, 0.15) is 18.4 Å². The predicted octanol–water partition coefficient (Wildman–Crippen LogP) is 1.84. The normalized spacial score (nSPS) is 22.9. The summed E-state index contributed by atoms with van der Waals surface area (Å²) in [6.07, 6.45) is 3.68. The van der Waals surface area contributed by atoms with Gasteiger partial charge in [0.15, 0.2) is 0 Å². The molecular weight excluding hydrogens is 246 g/mol. The van der Waals surface area contributed by atoms with E-state index in [9.17, 15) is 0 Å². The van der Waals surface area contributed by atoms with Crippen molar-refractivity contribution in [3.8, 4) is 0 Å². The Bertz CT molecular complexity index is 379. The zero-order valence-corrected chi connectivity index (χ0v) is 13.2. The van der Waals surface area contributed by atoms with E-state index < -0.39 is 0 Å². The molecule has 1 aliphatic rings. The Hall–Kier alpha value is -0.900. The van der Waals surface area contributed by atoms with Gasteiger partial charge in [-0.3, -0.25) is 4.90 Å². The number of benzene rings is 1. The minimum Gasteiger partial charge on any atom is -0.315 e.